The van der Waals surface area contributed by atoms with E-state index in [4.69, 9.17) is 16.7 Å². The molecule has 2 aromatic rings. The number of carboxylic acid groups (broad SMARTS) is 1. The van der Waals surface area contributed by atoms with Crippen molar-refractivity contribution < 1.29 is 9.90 Å². The fourth-order valence-corrected chi connectivity index (χ4v) is 2.13. The van der Waals surface area contributed by atoms with Gasteiger partial charge in [-0.25, -0.2) is 4.79 Å². The number of nitrogens with one attached hydrogen (secondary N) is 1. The van der Waals surface area contributed by atoms with Crippen LogP contribution in [0.25, 0.3) is 0 Å². The van der Waals surface area contributed by atoms with E-state index in [1.807, 2.05) is 36.4 Å². The molecule has 0 unspecified atom stereocenters. The predicted molar refractivity (Wildman–Crippen MR) is 80.3 cm³/mol. The lowest BCUT2D eigenvalue weighted by Crippen LogP contribution is -2.17. The van der Waals surface area contributed by atoms with Gasteiger partial charge in [0.15, 0.2) is 0 Å². The molecular formula is C16H16ClNO2. The third-order valence-corrected chi connectivity index (χ3v) is 3.31. The number of hydrogen-bond acceptors (Lipinski definition) is 2. The van der Waals surface area contributed by atoms with Crippen molar-refractivity contribution in [1.29, 1.82) is 0 Å². The van der Waals surface area contributed by atoms with Gasteiger partial charge in [-0.2, -0.15) is 0 Å². The highest BCUT2D eigenvalue weighted by molar-refractivity contribution is 6.30. The van der Waals surface area contributed by atoms with Crippen LogP contribution in [0.15, 0.2) is 48.5 Å². The minimum atomic E-state index is -0.877. The van der Waals surface area contributed by atoms with Crippen molar-refractivity contribution in [3.05, 3.63) is 70.2 Å². The summed E-state index contributed by atoms with van der Waals surface area (Å²) in [4.78, 5) is 11.1. The summed E-state index contributed by atoms with van der Waals surface area (Å²) in [6, 6.07) is 14.8. The van der Waals surface area contributed by atoms with Crippen LogP contribution in [0.4, 0.5) is 0 Å². The maximum Gasteiger partial charge on any atom is 0.335 e. The van der Waals surface area contributed by atoms with Gasteiger partial charge >= 0.3 is 5.97 Å². The molecule has 0 heterocycles. The highest BCUT2D eigenvalue weighted by Gasteiger charge is 2.07. The van der Waals surface area contributed by atoms with Crippen LogP contribution in [0.3, 0.4) is 0 Å². The van der Waals surface area contributed by atoms with Gasteiger partial charge in [0.05, 0.1) is 5.56 Å². The van der Waals surface area contributed by atoms with Crippen LogP contribution in [-0.4, -0.2) is 17.6 Å². The quantitative estimate of drug-likeness (QED) is 0.802. The summed E-state index contributed by atoms with van der Waals surface area (Å²) in [5.41, 5.74) is 2.38. The molecule has 3 nitrogen and oxygen atoms in total. The molecule has 0 bridgehead atoms. The second-order valence-corrected chi connectivity index (χ2v) is 4.95. The third-order valence-electron chi connectivity index (χ3n) is 3.06. The Bertz CT molecular complexity index is 581. The maximum atomic E-state index is 11.1. The molecule has 0 fully saturated rings. The van der Waals surface area contributed by atoms with E-state index >= 15 is 0 Å². The van der Waals surface area contributed by atoms with Crippen molar-refractivity contribution >= 4 is 17.6 Å². The Morgan fingerprint density at radius 3 is 2.50 bits per heavy atom. The van der Waals surface area contributed by atoms with E-state index in [2.05, 4.69) is 5.32 Å². The van der Waals surface area contributed by atoms with Crippen LogP contribution in [0.2, 0.25) is 5.02 Å². The summed E-state index contributed by atoms with van der Waals surface area (Å²) in [5, 5.41) is 13.1. The summed E-state index contributed by atoms with van der Waals surface area (Å²) in [6.07, 6.45) is 0.691. The van der Waals surface area contributed by atoms with Crippen LogP contribution in [0.5, 0.6) is 0 Å². The van der Waals surface area contributed by atoms with Gasteiger partial charge in [0, 0.05) is 11.6 Å². The lowest BCUT2D eigenvalue weighted by atomic mass is 10.0. The van der Waals surface area contributed by atoms with Crippen molar-refractivity contribution in [2.24, 2.45) is 0 Å². The van der Waals surface area contributed by atoms with Crippen molar-refractivity contribution in [3.63, 3.8) is 0 Å². The van der Waals surface area contributed by atoms with Crippen molar-refractivity contribution in [3.8, 4) is 0 Å². The molecule has 0 aliphatic rings. The fourth-order valence-electron chi connectivity index (χ4n) is 2.00. The molecule has 0 radical (unpaired) electrons. The zero-order valence-electron chi connectivity index (χ0n) is 11.0. The molecule has 0 amide bonds. The lowest BCUT2D eigenvalue weighted by molar-refractivity contribution is 0.0695. The molecule has 4 heteroatoms. The number of carbonyl (C=O) groups is 1. The van der Waals surface area contributed by atoms with Crippen molar-refractivity contribution in [2.75, 3.05) is 6.54 Å². The Morgan fingerprint density at radius 2 is 1.80 bits per heavy atom. The Hall–Kier alpha value is -1.84. The Balaban J connectivity index is 1.84. The topological polar surface area (TPSA) is 49.3 Å². The Labute approximate surface area is 123 Å². The first-order valence-corrected chi connectivity index (χ1v) is 6.81. The van der Waals surface area contributed by atoms with E-state index < -0.39 is 5.97 Å². The van der Waals surface area contributed by atoms with E-state index in [1.165, 1.54) is 0 Å². The standard InChI is InChI=1S/C16H16ClNO2/c17-14-7-5-12(6-8-14)11-18-10-9-13-3-1-2-4-15(13)16(19)20/h1-8,18H,9-11H2,(H,19,20). The van der Waals surface area contributed by atoms with Gasteiger partial charge < -0.3 is 10.4 Å². The van der Waals surface area contributed by atoms with Crippen LogP contribution in [0.1, 0.15) is 21.5 Å². The zero-order valence-corrected chi connectivity index (χ0v) is 11.7. The van der Waals surface area contributed by atoms with Crippen LogP contribution >= 0.6 is 11.6 Å². The Morgan fingerprint density at radius 1 is 1.10 bits per heavy atom. The molecule has 2 rings (SSSR count). The highest BCUT2D eigenvalue weighted by Crippen LogP contribution is 2.10. The number of benzene rings is 2. The molecule has 2 aromatic carbocycles. The Kier molecular flexibility index (Phi) is 5.16. The molecule has 0 aliphatic heterocycles. The molecule has 104 valence electrons. The van der Waals surface area contributed by atoms with Crippen LogP contribution < -0.4 is 5.32 Å². The van der Waals surface area contributed by atoms with Gasteiger partial charge in [-0.1, -0.05) is 41.9 Å². The summed E-state index contributed by atoms with van der Waals surface area (Å²) >= 11 is 5.82. The van der Waals surface area contributed by atoms with Gasteiger partial charge in [0.1, 0.15) is 0 Å². The smallest absolute Gasteiger partial charge is 0.335 e. The first-order chi connectivity index (χ1) is 9.66. The summed E-state index contributed by atoms with van der Waals surface area (Å²) in [5.74, 6) is -0.877. The molecule has 0 spiro atoms. The average Bonchev–Trinajstić information content (AvgIpc) is 2.46. The monoisotopic (exact) mass is 289 g/mol. The second kappa shape index (κ2) is 7.08. The van der Waals surface area contributed by atoms with Crippen molar-refractivity contribution in [2.45, 2.75) is 13.0 Å². The first kappa shape index (κ1) is 14.6. The number of hydrogen-bond donors (Lipinski definition) is 2. The van der Waals surface area contributed by atoms with E-state index in [9.17, 15) is 4.79 Å². The summed E-state index contributed by atoms with van der Waals surface area (Å²) < 4.78 is 0. The van der Waals surface area contributed by atoms with Gasteiger partial charge in [0.2, 0.25) is 0 Å². The summed E-state index contributed by atoms with van der Waals surface area (Å²) in [6.45, 7) is 1.47. The minimum Gasteiger partial charge on any atom is -0.478 e. The van der Waals surface area contributed by atoms with Gasteiger partial charge in [-0.15, -0.1) is 0 Å². The van der Waals surface area contributed by atoms with E-state index in [0.29, 0.717) is 12.0 Å². The molecule has 0 saturated carbocycles. The van der Waals surface area contributed by atoms with E-state index in [1.54, 1.807) is 12.1 Å². The SMILES string of the molecule is O=C(O)c1ccccc1CCNCc1ccc(Cl)cc1. The number of carboxylic acids is 1. The average molecular weight is 290 g/mol. The van der Waals surface area contributed by atoms with Crippen LogP contribution in [-0.2, 0) is 13.0 Å². The van der Waals surface area contributed by atoms with Gasteiger partial charge in [-0.3, -0.25) is 0 Å². The molecule has 20 heavy (non-hydrogen) atoms. The fraction of sp³-hybridized carbons (Fsp3) is 0.188. The maximum absolute atomic E-state index is 11.1. The highest BCUT2D eigenvalue weighted by atomic mass is 35.5. The third kappa shape index (κ3) is 4.08. The molecule has 0 atom stereocenters. The normalized spacial score (nSPS) is 10.4. The van der Waals surface area contributed by atoms with E-state index in [-0.39, 0.29) is 0 Å². The van der Waals surface area contributed by atoms with E-state index in [0.717, 1.165) is 29.2 Å². The molecule has 0 aromatic heterocycles. The minimum absolute atomic E-state index is 0.376. The molecular weight excluding hydrogens is 274 g/mol. The van der Waals surface area contributed by atoms with Crippen molar-refractivity contribution in [1.82, 2.24) is 5.32 Å². The second-order valence-electron chi connectivity index (χ2n) is 4.52. The number of rotatable bonds is 6. The van der Waals surface area contributed by atoms with Gasteiger partial charge in [-0.05, 0) is 42.3 Å². The number of halogens is 1. The largest absolute Gasteiger partial charge is 0.478 e. The molecule has 0 aliphatic carbocycles. The number of aromatic carboxylic acids is 1. The lowest BCUT2D eigenvalue weighted by Gasteiger charge is -2.07. The van der Waals surface area contributed by atoms with Gasteiger partial charge in [0.25, 0.3) is 0 Å². The summed E-state index contributed by atoms with van der Waals surface area (Å²) in [7, 11) is 0. The molecule has 0 saturated heterocycles. The van der Waals surface area contributed by atoms with Crippen LogP contribution in [0, 0.1) is 0 Å². The first-order valence-electron chi connectivity index (χ1n) is 6.43. The molecule has 2 N–H and O–H groups in total. The zero-order chi connectivity index (χ0) is 14.4. The predicted octanol–water partition coefficient (Wildman–Crippen LogP) is 3.37.